The molecular formula is C14H8Cl2N2O2. The average Bonchev–Trinajstić information content (AvgIpc) is 2.83. The van der Waals surface area contributed by atoms with Crippen molar-refractivity contribution in [1.82, 2.24) is 0 Å². The maximum atomic E-state index is 11.0. The zero-order valence-electron chi connectivity index (χ0n) is 10.1. The summed E-state index contributed by atoms with van der Waals surface area (Å²) in [6.45, 7) is 0. The second kappa shape index (κ2) is 5.83. The van der Waals surface area contributed by atoms with Gasteiger partial charge in [-0.05, 0) is 30.3 Å². The molecule has 0 saturated heterocycles. The summed E-state index contributed by atoms with van der Waals surface area (Å²) in [5.74, 6) is 0.0241. The Balaban J connectivity index is 2.39. The van der Waals surface area contributed by atoms with E-state index < -0.39 is 5.91 Å². The molecule has 6 heteroatoms. The first-order chi connectivity index (χ1) is 9.51. The van der Waals surface area contributed by atoms with Crippen molar-refractivity contribution in [3.05, 3.63) is 51.7 Å². The van der Waals surface area contributed by atoms with Crippen molar-refractivity contribution in [2.45, 2.75) is 0 Å². The van der Waals surface area contributed by atoms with E-state index in [-0.39, 0.29) is 5.57 Å². The number of carbonyl (C=O) groups excluding carboxylic acids is 1. The van der Waals surface area contributed by atoms with E-state index in [0.29, 0.717) is 27.1 Å². The predicted molar refractivity (Wildman–Crippen MR) is 76.9 cm³/mol. The highest BCUT2D eigenvalue weighted by Gasteiger charge is 2.10. The maximum absolute atomic E-state index is 11.0. The first-order valence-electron chi connectivity index (χ1n) is 5.48. The standard InChI is InChI=1S/C14H8Cl2N2O2/c15-9-1-3-11(12(16)6-9)13-4-2-10(20-13)5-8(7-17)14(18)19/h1-6H,(H2,18,19). The molecule has 0 fully saturated rings. The van der Waals surface area contributed by atoms with E-state index >= 15 is 0 Å². The quantitative estimate of drug-likeness (QED) is 0.694. The molecule has 1 aromatic carbocycles. The predicted octanol–water partition coefficient (Wildman–Crippen LogP) is 3.65. The zero-order chi connectivity index (χ0) is 14.7. The molecule has 0 aliphatic heterocycles. The molecule has 0 unspecified atom stereocenters. The molecule has 0 spiro atoms. The Bertz CT molecular complexity index is 742. The van der Waals surface area contributed by atoms with Gasteiger partial charge in [-0.1, -0.05) is 23.2 Å². The fourth-order valence-electron chi connectivity index (χ4n) is 1.57. The maximum Gasteiger partial charge on any atom is 0.259 e. The van der Waals surface area contributed by atoms with E-state index in [1.165, 1.54) is 6.08 Å². The Kier molecular flexibility index (Phi) is 4.14. The largest absolute Gasteiger partial charge is 0.457 e. The van der Waals surface area contributed by atoms with E-state index in [0.717, 1.165) is 0 Å². The summed E-state index contributed by atoms with van der Waals surface area (Å²) >= 11 is 11.9. The minimum Gasteiger partial charge on any atom is -0.457 e. The normalized spacial score (nSPS) is 11.2. The van der Waals surface area contributed by atoms with E-state index in [1.807, 2.05) is 0 Å². The minimum atomic E-state index is -0.810. The molecule has 1 amide bonds. The molecule has 2 rings (SSSR count). The number of hydrogen-bond donors (Lipinski definition) is 1. The zero-order valence-corrected chi connectivity index (χ0v) is 11.6. The second-order valence-electron chi connectivity index (χ2n) is 3.86. The van der Waals surface area contributed by atoms with Crippen LogP contribution in [0.4, 0.5) is 0 Å². The highest BCUT2D eigenvalue weighted by molar-refractivity contribution is 6.36. The summed E-state index contributed by atoms with van der Waals surface area (Å²) < 4.78 is 5.51. The Hall–Kier alpha value is -2.22. The molecule has 0 atom stereocenters. The molecule has 100 valence electrons. The highest BCUT2D eigenvalue weighted by atomic mass is 35.5. The van der Waals surface area contributed by atoms with Gasteiger partial charge >= 0.3 is 0 Å². The molecule has 0 aliphatic rings. The van der Waals surface area contributed by atoms with Crippen LogP contribution in [0.15, 0.2) is 40.3 Å². The number of nitrogens with two attached hydrogens (primary N) is 1. The van der Waals surface area contributed by atoms with Gasteiger partial charge in [0.15, 0.2) is 0 Å². The average molecular weight is 307 g/mol. The molecule has 0 aliphatic carbocycles. The van der Waals surface area contributed by atoms with Gasteiger partial charge in [0.1, 0.15) is 23.2 Å². The molecule has 0 bridgehead atoms. The van der Waals surface area contributed by atoms with Gasteiger partial charge in [0.05, 0.1) is 5.02 Å². The van der Waals surface area contributed by atoms with Crippen LogP contribution in [0.5, 0.6) is 0 Å². The fourth-order valence-corrected chi connectivity index (χ4v) is 2.07. The molecule has 0 radical (unpaired) electrons. The van der Waals surface area contributed by atoms with Crippen molar-refractivity contribution in [3.63, 3.8) is 0 Å². The first kappa shape index (κ1) is 14.2. The van der Waals surface area contributed by atoms with Gasteiger partial charge in [-0.2, -0.15) is 5.26 Å². The van der Waals surface area contributed by atoms with Crippen molar-refractivity contribution < 1.29 is 9.21 Å². The number of nitriles is 1. The lowest BCUT2D eigenvalue weighted by atomic mass is 10.2. The number of primary amides is 1. The van der Waals surface area contributed by atoms with Crippen LogP contribution in [-0.2, 0) is 4.79 Å². The third kappa shape index (κ3) is 3.02. The van der Waals surface area contributed by atoms with Crippen LogP contribution in [0.2, 0.25) is 10.0 Å². The van der Waals surface area contributed by atoms with Gasteiger partial charge in [0.25, 0.3) is 5.91 Å². The van der Waals surface area contributed by atoms with Gasteiger partial charge < -0.3 is 10.2 Å². The van der Waals surface area contributed by atoms with Crippen LogP contribution < -0.4 is 5.73 Å². The van der Waals surface area contributed by atoms with E-state index in [9.17, 15) is 4.79 Å². The van der Waals surface area contributed by atoms with Gasteiger partial charge in [-0.15, -0.1) is 0 Å². The van der Waals surface area contributed by atoms with E-state index in [1.54, 1.807) is 36.4 Å². The summed E-state index contributed by atoms with van der Waals surface area (Å²) in [5.41, 5.74) is 5.52. The number of rotatable bonds is 3. The molecule has 1 heterocycles. The lowest BCUT2D eigenvalue weighted by Crippen LogP contribution is -2.12. The van der Waals surface area contributed by atoms with Crippen molar-refractivity contribution in [3.8, 4) is 17.4 Å². The lowest BCUT2D eigenvalue weighted by Gasteiger charge is -2.00. The summed E-state index contributed by atoms with van der Waals surface area (Å²) in [7, 11) is 0. The molecule has 20 heavy (non-hydrogen) atoms. The number of halogens is 2. The SMILES string of the molecule is N#CC(=Cc1ccc(-c2ccc(Cl)cc2Cl)o1)C(N)=O. The summed E-state index contributed by atoms with van der Waals surface area (Å²) in [6.07, 6.45) is 1.27. The van der Waals surface area contributed by atoms with E-state index in [4.69, 9.17) is 38.6 Å². The Morgan fingerprint density at radius 2 is 2.05 bits per heavy atom. The topological polar surface area (TPSA) is 80.0 Å². The van der Waals surface area contributed by atoms with E-state index in [2.05, 4.69) is 0 Å². The number of amides is 1. The summed E-state index contributed by atoms with van der Waals surface area (Å²) in [6, 6.07) is 9.99. The van der Waals surface area contributed by atoms with Crippen molar-refractivity contribution in [1.29, 1.82) is 5.26 Å². The van der Waals surface area contributed by atoms with Gasteiger partial charge in [-0.3, -0.25) is 4.79 Å². The van der Waals surface area contributed by atoms with Crippen molar-refractivity contribution >= 4 is 35.2 Å². The molecule has 4 nitrogen and oxygen atoms in total. The third-order valence-corrected chi connectivity index (χ3v) is 3.04. The lowest BCUT2D eigenvalue weighted by molar-refractivity contribution is -0.114. The van der Waals surface area contributed by atoms with Gasteiger partial charge in [-0.25, -0.2) is 0 Å². The van der Waals surface area contributed by atoms with Crippen LogP contribution in [0, 0.1) is 11.3 Å². The molecule has 2 aromatic rings. The van der Waals surface area contributed by atoms with Crippen LogP contribution in [-0.4, -0.2) is 5.91 Å². The molecular weight excluding hydrogens is 299 g/mol. The Morgan fingerprint density at radius 1 is 1.30 bits per heavy atom. The first-order valence-corrected chi connectivity index (χ1v) is 6.23. The number of furan rings is 1. The monoisotopic (exact) mass is 306 g/mol. The number of benzene rings is 1. The summed E-state index contributed by atoms with van der Waals surface area (Å²) in [4.78, 5) is 11.0. The smallest absolute Gasteiger partial charge is 0.259 e. The number of nitrogens with zero attached hydrogens (tertiary/aromatic N) is 1. The van der Waals surface area contributed by atoms with Crippen LogP contribution in [0.25, 0.3) is 17.4 Å². The van der Waals surface area contributed by atoms with Crippen molar-refractivity contribution in [2.24, 2.45) is 5.73 Å². The van der Waals surface area contributed by atoms with Gasteiger partial charge in [0, 0.05) is 16.7 Å². The number of carbonyl (C=O) groups is 1. The highest BCUT2D eigenvalue weighted by Crippen LogP contribution is 2.31. The fraction of sp³-hybridized carbons (Fsp3) is 0. The molecule has 0 saturated carbocycles. The van der Waals surface area contributed by atoms with Gasteiger partial charge in [0.2, 0.25) is 0 Å². The molecule has 1 aromatic heterocycles. The molecule has 2 N–H and O–H groups in total. The second-order valence-corrected chi connectivity index (χ2v) is 4.70. The number of hydrogen-bond acceptors (Lipinski definition) is 3. The minimum absolute atomic E-state index is 0.187. The third-order valence-electron chi connectivity index (χ3n) is 2.50. The Morgan fingerprint density at radius 3 is 2.65 bits per heavy atom. The van der Waals surface area contributed by atoms with Crippen LogP contribution in [0.3, 0.4) is 0 Å². The van der Waals surface area contributed by atoms with Crippen LogP contribution >= 0.6 is 23.2 Å². The summed E-state index contributed by atoms with van der Waals surface area (Å²) in [5, 5.41) is 9.72. The Labute approximate surface area is 125 Å². The van der Waals surface area contributed by atoms with Crippen molar-refractivity contribution in [2.75, 3.05) is 0 Å². The van der Waals surface area contributed by atoms with Crippen LogP contribution in [0.1, 0.15) is 5.76 Å².